The summed E-state index contributed by atoms with van der Waals surface area (Å²) in [5.41, 5.74) is 0. The third-order valence-electron chi connectivity index (χ3n) is 12.3. The number of rotatable bonds is 49. The molecule has 0 saturated carbocycles. The van der Waals surface area contributed by atoms with Crippen LogP contribution >= 0.6 is 0 Å². The normalized spacial score (nSPS) is 13.7. The van der Waals surface area contributed by atoms with E-state index in [9.17, 15) is 19.8 Å². The van der Waals surface area contributed by atoms with Crippen molar-refractivity contribution >= 4 is 11.9 Å². The summed E-state index contributed by atoms with van der Waals surface area (Å²) >= 11 is 0. The summed E-state index contributed by atoms with van der Waals surface area (Å²) in [4.78, 5) is 26.2. The van der Waals surface area contributed by atoms with Gasteiger partial charge in [0.15, 0.2) is 0 Å². The van der Waals surface area contributed by atoms with Gasteiger partial charge in [0.25, 0.3) is 0 Å². The maximum atomic E-state index is 13.2. The Morgan fingerprint density at radius 3 is 1.31 bits per heavy atom. The van der Waals surface area contributed by atoms with Crippen molar-refractivity contribution in [1.29, 1.82) is 0 Å². The van der Waals surface area contributed by atoms with E-state index in [0.29, 0.717) is 19.3 Å². The Hall–Kier alpha value is -2.70. The van der Waals surface area contributed by atoms with Crippen LogP contribution in [0.4, 0.5) is 0 Å². The lowest BCUT2D eigenvalue weighted by atomic mass is 10.0. The molecule has 6 nitrogen and oxygen atoms in total. The molecule has 0 aliphatic carbocycles. The summed E-state index contributed by atoms with van der Waals surface area (Å²) in [5.74, 6) is -0.527. The predicted molar refractivity (Wildman–Crippen MR) is 282 cm³/mol. The SMILES string of the molecule is CC/C=C\C/C=C\C/C=C\C/C=C\C/C=C\CCCCCC(=O)OC(CCCCC/C=C\CCCCC)CC(=O)NC(CO)C(O)CCCCCCCCCCCCCCCCCCC. The molecule has 3 atom stereocenters. The lowest BCUT2D eigenvalue weighted by molar-refractivity contribution is -0.151. The maximum absolute atomic E-state index is 13.2. The van der Waals surface area contributed by atoms with Crippen molar-refractivity contribution in [3.8, 4) is 0 Å². The molecule has 65 heavy (non-hydrogen) atoms. The van der Waals surface area contributed by atoms with Gasteiger partial charge >= 0.3 is 5.97 Å². The monoisotopic (exact) mass is 908 g/mol. The molecule has 0 aliphatic rings. The van der Waals surface area contributed by atoms with Gasteiger partial charge in [0.2, 0.25) is 5.91 Å². The van der Waals surface area contributed by atoms with E-state index in [1.54, 1.807) is 0 Å². The number of esters is 1. The molecular formula is C59H105NO5. The Balaban J connectivity index is 4.51. The number of hydrogen-bond donors (Lipinski definition) is 3. The highest BCUT2D eigenvalue weighted by Gasteiger charge is 2.24. The van der Waals surface area contributed by atoms with Crippen molar-refractivity contribution in [2.45, 2.75) is 283 Å². The fourth-order valence-electron chi connectivity index (χ4n) is 8.10. The molecular weight excluding hydrogens is 803 g/mol. The van der Waals surface area contributed by atoms with E-state index in [2.05, 4.69) is 99.0 Å². The van der Waals surface area contributed by atoms with Crippen LogP contribution in [0.1, 0.15) is 265 Å². The second kappa shape index (κ2) is 52.3. The molecule has 0 bridgehead atoms. The molecule has 0 aromatic heterocycles. The molecule has 0 aromatic carbocycles. The van der Waals surface area contributed by atoms with Gasteiger partial charge in [0, 0.05) is 6.42 Å². The number of amides is 1. The Morgan fingerprint density at radius 1 is 0.462 bits per heavy atom. The number of ether oxygens (including phenoxy) is 1. The van der Waals surface area contributed by atoms with Crippen molar-refractivity contribution < 1.29 is 24.5 Å². The molecule has 1 amide bonds. The van der Waals surface area contributed by atoms with Gasteiger partial charge in [-0.1, -0.05) is 229 Å². The summed E-state index contributed by atoms with van der Waals surface area (Å²) in [6, 6.07) is -0.716. The molecule has 0 heterocycles. The van der Waals surface area contributed by atoms with Crippen molar-refractivity contribution in [2.75, 3.05) is 6.61 Å². The highest BCUT2D eigenvalue weighted by atomic mass is 16.5. The zero-order chi connectivity index (χ0) is 47.4. The van der Waals surface area contributed by atoms with Crippen LogP contribution in [0.25, 0.3) is 0 Å². The van der Waals surface area contributed by atoms with Gasteiger partial charge in [-0.25, -0.2) is 0 Å². The summed E-state index contributed by atoms with van der Waals surface area (Å²) in [7, 11) is 0. The van der Waals surface area contributed by atoms with Crippen LogP contribution in [-0.2, 0) is 14.3 Å². The Kier molecular flexibility index (Phi) is 50.1. The van der Waals surface area contributed by atoms with Crippen LogP contribution < -0.4 is 5.32 Å². The summed E-state index contributed by atoms with van der Waals surface area (Å²) in [5, 5.41) is 23.8. The minimum Gasteiger partial charge on any atom is -0.462 e. The van der Waals surface area contributed by atoms with Crippen LogP contribution in [-0.4, -0.2) is 46.9 Å². The molecule has 376 valence electrons. The first-order valence-corrected chi connectivity index (χ1v) is 27.7. The van der Waals surface area contributed by atoms with Crippen LogP contribution in [0.2, 0.25) is 0 Å². The van der Waals surface area contributed by atoms with E-state index in [1.807, 2.05) is 0 Å². The van der Waals surface area contributed by atoms with Gasteiger partial charge in [0.1, 0.15) is 6.10 Å². The standard InChI is InChI=1S/C59H105NO5/c1-4-7-10-13-16-19-22-24-26-28-29-31-33-35-37-40-43-46-49-52-59(64)65-55(50-47-44-41-38-21-18-15-12-9-6-3)53-58(63)60-56(54-61)57(62)51-48-45-42-39-36-34-32-30-27-25-23-20-17-14-11-8-5-2/h7,10,16,18-19,21,24,26,29,31,35,37,55-57,61-62H,4-6,8-9,11-15,17,20,22-23,25,27-28,30,32-34,36,38-54H2,1-3H3,(H,60,63)/b10-7-,19-16-,21-18-,26-24-,31-29-,37-35-. The number of aliphatic hydroxyl groups is 2. The van der Waals surface area contributed by atoms with E-state index >= 15 is 0 Å². The second-order valence-corrected chi connectivity index (χ2v) is 18.6. The molecule has 0 saturated heterocycles. The van der Waals surface area contributed by atoms with E-state index in [4.69, 9.17) is 4.74 Å². The van der Waals surface area contributed by atoms with Gasteiger partial charge in [-0.2, -0.15) is 0 Å². The number of carbonyl (C=O) groups is 2. The molecule has 0 spiro atoms. The largest absolute Gasteiger partial charge is 0.462 e. The number of unbranched alkanes of at least 4 members (excludes halogenated alkanes) is 25. The van der Waals surface area contributed by atoms with E-state index in [-0.39, 0.29) is 24.9 Å². The fourth-order valence-corrected chi connectivity index (χ4v) is 8.10. The van der Waals surface area contributed by atoms with Crippen LogP contribution in [0.15, 0.2) is 72.9 Å². The quantitative estimate of drug-likeness (QED) is 0.0321. The molecule has 0 radical (unpaired) electrons. The van der Waals surface area contributed by atoms with Crippen molar-refractivity contribution in [2.24, 2.45) is 0 Å². The Bertz CT molecular complexity index is 1200. The summed E-state index contributed by atoms with van der Waals surface area (Å²) < 4.78 is 5.91. The zero-order valence-electron chi connectivity index (χ0n) is 42.9. The first kappa shape index (κ1) is 62.3. The predicted octanol–water partition coefficient (Wildman–Crippen LogP) is 17.0. The minimum atomic E-state index is -0.800. The van der Waals surface area contributed by atoms with Crippen LogP contribution in [0.3, 0.4) is 0 Å². The molecule has 3 unspecified atom stereocenters. The number of aliphatic hydroxyl groups excluding tert-OH is 2. The van der Waals surface area contributed by atoms with Crippen molar-refractivity contribution in [1.82, 2.24) is 5.32 Å². The molecule has 0 aromatic rings. The van der Waals surface area contributed by atoms with Crippen molar-refractivity contribution in [3.05, 3.63) is 72.9 Å². The topological polar surface area (TPSA) is 95.9 Å². The van der Waals surface area contributed by atoms with Gasteiger partial charge in [-0.05, 0) is 96.3 Å². The first-order valence-electron chi connectivity index (χ1n) is 27.7. The maximum Gasteiger partial charge on any atom is 0.306 e. The third kappa shape index (κ3) is 47.6. The highest BCUT2D eigenvalue weighted by molar-refractivity contribution is 5.77. The Labute approximate surface area is 402 Å². The third-order valence-corrected chi connectivity index (χ3v) is 12.3. The molecule has 0 rings (SSSR count). The number of carbonyl (C=O) groups excluding carboxylic acids is 2. The second-order valence-electron chi connectivity index (χ2n) is 18.6. The van der Waals surface area contributed by atoms with Gasteiger partial charge in [-0.3, -0.25) is 9.59 Å². The zero-order valence-corrected chi connectivity index (χ0v) is 42.9. The smallest absolute Gasteiger partial charge is 0.306 e. The lowest BCUT2D eigenvalue weighted by Crippen LogP contribution is -2.46. The van der Waals surface area contributed by atoms with Crippen LogP contribution in [0, 0.1) is 0 Å². The minimum absolute atomic E-state index is 0.0511. The van der Waals surface area contributed by atoms with Gasteiger partial charge in [-0.15, -0.1) is 0 Å². The summed E-state index contributed by atoms with van der Waals surface area (Å²) in [6.07, 6.45) is 66.8. The average Bonchev–Trinajstić information content (AvgIpc) is 3.30. The van der Waals surface area contributed by atoms with E-state index in [0.717, 1.165) is 109 Å². The highest BCUT2D eigenvalue weighted by Crippen LogP contribution is 2.18. The van der Waals surface area contributed by atoms with Crippen LogP contribution in [0.5, 0.6) is 0 Å². The molecule has 0 aliphatic heterocycles. The molecule has 3 N–H and O–H groups in total. The number of allylic oxidation sites excluding steroid dienone is 12. The summed E-state index contributed by atoms with van der Waals surface area (Å²) in [6.45, 7) is 6.34. The molecule has 6 heteroatoms. The Morgan fingerprint density at radius 2 is 0.831 bits per heavy atom. The van der Waals surface area contributed by atoms with Crippen molar-refractivity contribution in [3.63, 3.8) is 0 Å². The lowest BCUT2D eigenvalue weighted by Gasteiger charge is -2.24. The van der Waals surface area contributed by atoms with Gasteiger partial charge in [0.05, 0.1) is 25.2 Å². The van der Waals surface area contributed by atoms with E-state index < -0.39 is 18.2 Å². The first-order chi connectivity index (χ1) is 32.0. The molecule has 0 fully saturated rings. The number of nitrogens with one attached hydrogen (secondary N) is 1. The average molecular weight is 908 g/mol. The number of hydrogen-bond acceptors (Lipinski definition) is 5. The van der Waals surface area contributed by atoms with E-state index in [1.165, 1.54) is 109 Å². The van der Waals surface area contributed by atoms with Gasteiger partial charge < -0.3 is 20.3 Å². The fraction of sp³-hybridized carbons (Fsp3) is 0.763.